The zero-order valence-corrected chi connectivity index (χ0v) is 21.5. The largest absolute Gasteiger partial charge is 0.497 e. The third-order valence-electron chi connectivity index (χ3n) is 4.87. The van der Waals surface area contributed by atoms with Crippen molar-refractivity contribution in [2.45, 2.75) is 71.6 Å². The average Bonchev–Trinajstić information content (AvgIpc) is 2.72. The summed E-state index contributed by atoms with van der Waals surface area (Å²) in [5.74, 6) is -0.750. The predicted octanol–water partition coefficient (Wildman–Crippen LogP) is 4.61. The van der Waals surface area contributed by atoms with Crippen LogP contribution in [-0.4, -0.2) is 42.1 Å². The van der Waals surface area contributed by atoms with Crippen LogP contribution in [0.15, 0.2) is 42.5 Å². The molecule has 0 aliphatic rings. The van der Waals surface area contributed by atoms with E-state index >= 15 is 0 Å². The maximum absolute atomic E-state index is 14.4. The summed E-state index contributed by atoms with van der Waals surface area (Å²) in [5, 5.41) is 5.47. The molecule has 0 radical (unpaired) electrons. The van der Waals surface area contributed by atoms with Crippen LogP contribution >= 0.6 is 0 Å². The monoisotopic (exact) mass is 486 g/mol. The van der Waals surface area contributed by atoms with Crippen molar-refractivity contribution in [2.75, 3.05) is 7.11 Å². The summed E-state index contributed by atoms with van der Waals surface area (Å²) in [6, 6.07) is 9.82. The van der Waals surface area contributed by atoms with Crippen LogP contribution in [0.5, 0.6) is 5.75 Å². The molecule has 190 valence electrons. The van der Waals surface area contributed by atoms with Crippen LogP contribution in [0.1, 0.15) is 63.0 Å². The molecule has 2 aromatic rings. The highest BCUT2D eigenvalue weighted by molar-refractivity contribution is 5.98. The van der Waals surface area contributed by atoms with Gasteiger partial charge in [-0.1, -0.05) is 18.2 Å². The van der Waals surface area contributed by atoms with E-state index in [1.54, 1.807) is 57.2 Å². The highest BCUT2D eigenvalue weighted by atomic mass is 19.1. The number of carbonyl (C=O) groups is 3. The van der Waals surface area contributed by atoms with E-state index < -0.39 is 34.9 Å². The summed E-state index contributed by atoms with van der Waals surface area (Å²) in [4.78, 5) is 38.8. The summed E-state index contributed by atoms with van der Waals surface area (Å²) < 4.78 is 24.9. The molecule has 0 fully saturated rings. The minimum absolute atomic E-state index is 0.0712. The zero-order chi connectivity index (χ0) is 26.4. The molecule has 1 unspecified atom stereocenters. The molecule has 0 saturated carbocycles. The van der Waals surface area contributed by atoms with Gasteiger partial charge >= 0.3 is 6.09 Å². The number of halogens is 1. The van der Waals surface area contributed by atoms with Crippen LogP contribution < -0.4 is 15.4 Å². The summed E-state index contributed by atoms with van der Waals surface area (Å²) in [6.07, 6.45) is -1.04. The standard InChI is InChI=1S/C27H35FN2O5/c1-26(2,3)30-24(32)20-13-12-19(34-7)14-18(20)16-23(31)22(29-25(33)35-27(4,5)6)15-17-10-8-9-11-21(17)28/h8-14,22H,15-16H2,1-7H3,(H,29,33)(H,30,32). The molecule has 0 spiro atoms. The Labute approximate surface area is 206 Å². The second-order valence-corrected chi connectivity index (χ2v) is 10.4. The number of methoxy groups -OCH3 is 1. The normalized spacial score (nSPS) is 12.5. The van der Waals surface area contributed by atoms with Gasteiger partial charge in [0.2, 0.25) is 0 Å². The van der Waals surface area contributed by atoms with Gasteiger partial charge in [0, 0.05) is 23.9 Å². The SMILES string of the molecule is COc1ccc(C(=O)NC(C)(C)C)c(CC(=O)C(Cc2ccccc2F)NC(=O)OC(C)(C)C)c1. The first-order valence-electron chi connectivity index (χ1n) is 11.4. The number of Topliss-reactive ketones (excluding diaryl/α,β-unsaturated/α-hetero) is 1. The fraction of sp³-hybridized carbons (Fsp3) is 0.444. The predicted molar refractivity (Wildman–Crippen MR) is 132 cm³/mol. The van der Waals surface area contributed by atoms with Gasteiger partial charge in [-0.25, -0.2) is 9.18 Å². The topological polar surface area (TPSA) is 93.7 Å². The Hall–Kier alpha value is -3.42. The fourth-order valence-corrected chi connectivity index (χ4v) is 3.36. The minimum atomic E-state index is -1.08. The molecule has 2 aromatic carbocycles. The van der Waals surface area contributed by atoms with Crippen molar-refractivity contribution in [2.24, 2.45) is 0 Å². The lowest BCUT2D eigenvalue weighted by atomic mass is 9.94. The van der Waals surface area contributed by atoms with Crippen molar-refractivity contribution in [1.29, 1.82) is 0 Å². The van der Waals surface area contributed by atoms with Gasteiger partial charge in [-0.15, -0.1) is 0 Å². The number of ketones is 1. The lowest BCUT2D eigenvalue weighted by Gasteiger charge is -2.24. The first-order valence-corrected chi connectivity index (χ1v) is 11.4. The van der Waals surface area contributed by atoms with Crippen molar-refractivity contribution < 1.29 is 28.2 Å². The second kappa shape index (κ2) is 11.3. The summed E-state index contributed by atoms with van der Waals surface area (Å²) in [7, 11) is 1.49. The molecule has 35 heavy (non-hydrogen) atoms. The van der Waals surface area contributed by atoms with Crippen LogP contribution in [-0.2, 0) is 22.4 Å². The molecule has 2 amide bonds. The number of nitrogens with one attached hydrogen (secondary N) is 2. The van der Waals surface area contributed by atoms with E-state index in [2.05, 4.69) is 10.6 Å². The van der Waals surface area contributed by atoms with E-state index in [9.17, 15) is 18.8 Å². The van der Waals surface area contributed by atoms with Gasteiger partial charge in [-0.3, -0.25) is 9.59 Å². The number of hydrogen-bond donors (Lipinski definition) is 2. The quantitative estimate of drug-likeness (QED) is 0.568. The van der Waals surface area contributed by atoms with Crippen LogP contribution in [0.4, 0.5) is 9.18 Å². The molecule has 2 N–H and O–H groups in total. The molecular weight excluding hydrogens is 451 g/mol. The molecule has 0 saturated heterocycles. The van der Waals surface area contributed by atoms with Crippen molar-refractivity contribution in [3.8, 4) is 5.75 Å². The van der Waals surface area contributed by atoms with E-state index in [1.165, 1.54) is 13.2 Å². The number of carbonyl (C=O) groups excluding carboxylic acids is 3. The van der Waals surface area contributed by atoms with E-state index in [0.29, 0.717) is 16.9 Å². The molecule has 8 heteroatoms. The fourth-order valence-electron chi connectivity index (χ4n) is 3.36. The maximum Gasteiger partial charge on any atom is 0.408 e. The Morgan fingerprint density at radius 1 is 0.971 bits per heavy atom. The van der Waals surface area contributed by atoms with Gasteiger partial charge < -0.3 is 20.1 Å². The van der Waals surface area contributed by atoms with Gasteiger partial charge in [0.15, 0.2) is 5.78 Å². The average molecular weight is 487 g/mol. The minimum Gasteiger partial charge on any atom is -0.497 e. The summed E-state index contributed by atoms with van der Waals surface area (Å²) in [6.45, 7) is 10.7. The number of alkyl carbamates (subject to hydrolysis) is 1. The smallest absolute Gasteiger partial charge is 0.408 e. The van der Waals surface area contributed by atoms with Gasteiger partial charge in [-0.2, -0.15) is 0 Å². The van der Waals surface area contributed by atoms with Crippen molar-refractivity contribution in [1.82, 2.24) is 10.6 Å². The summed E-state index contributed by atoms with van der Waals surface area (Å²) >= 11 is 0. The number of amides is 2. The molecule has 7 nitrogen and oxygen atoms in total. The molecule has 0 aliphatic carbocycles. The second-order valence-electron chi connectivity index (χ2n) is 10.4. The molecule has 0 aromatic heterocycles. The molecule has 0 bridgehead atoms. The third-order valence-corrected chi connectivity index (χ3v) is 4.87. The summed E-state index contributed by atoms with van der Waals surface area (Å²) in [5.41, 5.74) is -0.236. The first kappa shape index (κ1) is 27.8. The Morgan fingerprint density at radius 3 is 2.20 bits per heavy atom. The van der Waals surface area contributed by atoms with Gasteiger partial charge in [0.05, 0.1) is 13.2 Å². The van der Waals surface area contributed by atoms with Crippen LogP contribution in [0.3, 0.4) is 0 Å². The van der Waals surface area contributed by atoms with Crippen LogP contribution in [0.25, 0.3) is 0 Å². The van der Waals surface area contributed by atoms with Gasteiger partial charge in [0.25, 0.3) is 5.91 Å². The van der Waals surface area contributed by atoms with E-state index in [-0.39, 0.29) is 24.3 Å². The van der Waals surface area contributed by atoms with Crippen molar-refractivity contribution in [3.63, 3.8) is 0 Å². The Bertz CT molecular complexity index is 1070. The number of ether oxygens (including phenoxy) is 2. The van der Waals surface area contributed by atoms with Crippen molar-refractivity contribution >= 4 is 17.8 Å². The van der Waals surface area contributed by atoms with E-state index in [1.807, 2.05) is 20.8 Å². The number of hydrogen-bond acceptors (Lipinski definition) is 5. The van der Waals surface area contributed by atoms with E-state index in [0.717, 1.165) is 0 Å². The lowest BCUT2D eigenvalue weighted by molar-refractivity contribution is -0.120. The van der Waals surface area contributed by atoms with Crippen LogP contribution in [0, 0.1) is 5.82 Å². The third kappa shape index (κ3) is 9.03. The molecular formula is C27H35FN2O5. The molecule has 0 aliphatic heterocycles. The Kier molecular flexibility index (Phi) is 9.01. The van der Waals surface area contributed by atoms with Gasteiger partial charge in [0.1, 0.15) is 17.2 Å². The Morgan fingerprint density at radius 2 is 1.63 bits per heavy atom. The number of benzene rings is 2. The maximum atomic E-state index is 14.4. The molecule has 1 atom stereocenters. The highest BCUT2D eigenvalue weighted by Gasteiger charge is 2.27. The Balaban J connectivity index is 2.37. The van der Waals surface area contributed by atoms with Crippen LogP contribution in [0.2, 0.25) is 0 Å². The zero-order valence-electron chi connectivity index (χ0n) is 21.5. The highest BCUT2D eigenvalue weighted by Crippen LogP contribution is 2.21. The van der Waals surface area contributed by atoms with Crippen molar-refractivity contribution in [3.05, 3.63) is 65.0 Å². The lowest BCUT2D eigenvalue weighted by Crippen LogP contribution is -2.45. The first-order chi connectivity index (χ1) is 16.2. The van der Waals surface area contributed by atoms with E-state index in [4.69, 9.17) is 9.47 Å². The van der Waals surface area contributed by atoms with Gasteiger partial charge in [-0.05, 0) is 76.9 Å². The molecule has 0 heterocycles. The number of rotatable bonds is 8. The molecule has 2 rings (SSSR count).